The largest absolute Gasteiger partial charge is 0.392 e. The van der Waals surface area contributed by atoms with Gasteiger partial charge in [-0.15, -0.1) is 0 Å². The van der Waals surface area contributed by atoms with Crippen LogP contribution in [-0.4, -0.2) is 40.4 Å². The number of aliphatic hydroxyl groups is 1. The van der Waals surface area contributed by atoms with Gasteiger partial charge in [-0.1, -0.05) is 12.0 Å². The third-order valence-electron chi connectivity index (χ3n) is 3.91. The van der Waals surface area contributed by atoms with Crippen LogP contribution in [0.15, 0.2) is 30.5 Å². The predicted molar refractivity (Wildman–Crippen MR) is 92.6 cm³/mol. The molecule has 2 aromatic heterocycles. The number of halogens is 1. The number of pyridine rings is 2. The summed E-state index contributed by atoms with van der Waals surface area (Å²) in [7, 11) is 0. The smallest absolute Gasteiger partial charge is 0.230 e. The second-order valence-electron chi connectivity index (χ2n) is 6.09. The van der Waals surface area contributed by atoms with Gasteiger partial charge in [0.25, 0.3) is 0 Å². The first-order chi connectivity index (χ1) is 12.1. The van der Waals surface area contributed by atoms with Crippen LogP contribution in [0.25, 0.3) is 0 Å². The first-order valence-corrected chi connectivity index (χ1v) is 8.20. The molecule has 2 atom stereocenters. The van der Waals surface area contributed by atoms with Crippen molar-refractivity contribution >= 4 is 5.82 Å². The van der Waals surface area contributed by atoms with Crippen LogP contribution in [0.2, 0.25) is 0 Å². The third-order valence-corrected chi connectivity index (χ3v) is 3.91. The summed E-state index contributed by atoms with van der Waals surface area (Å²) < 4.78 is 20.1. The van der Waals surface area contributed by atoms with Crippen molar-refractivity contribution in [2.75, 3.05) is 18.0 Å². The summed E-state index contributed by atoms with van der Waals surface area (Å²) in [4.78, 5) is 10.1. The van der Waals surface area contributed by atoms with Crippen molar-refractivity contribution in [3.63, 3.8) is 0 Å². The van der Waals surface area contributed by atoms with Gasteiger partial charge in [-0.25, -0.2) is 9.97 Å². The first-order valence-electron chi connectivity index (χ1n) is 8.20. The molecule has 0 saturated carbocycles. The Hall–Kier alpha value is -2.49. The summed E-state index contributed by atoms with van der Waals surface area (Å²) in [6.45, 7) is 4.89. The van der Waals surface area contributed by atoms with E-state index in [0.29, 0.717) is 30.2 Å². The van der Waals surface area contributed by atoms with Crippen LogP contribution >= 0.6 is 0 Å². The quantitative estimate of drug-likeness (QED) is 0.670. The number of nitrogens with zero attached hydrogens (tertiary/aromatic N) is 3. The van der Waals surface area contributed by atoms with E-state index in [1.807, 2.05) is 24.8 Å². The standard InChI is InChI=1S/C19H20FN3O2/c1-13-10-23(11-14(2)25-13)19-16(12-24)9-15(18(20)22-19)6-7-17-5-3-4-8-21-17/h3-5,8-9,13-14,24H,10-12H2,1-2H3/t13-,14+. The lowest BCUT2D eigenvalue weighted by Crippen LogP contribution is -2.46. The Kier molecular flexibility index (Phi) is 5.27. The van der Waals surface area contributed by atoms with E-state index in [-0.39, 0.29) is 24.4 Å². The molecule has 0 amide bonds. The molecule has 5 nitrogen and oxygen atoms in total. The van der Waals surface area contributed by atoms with E-state index in [2.05, 4.69) is 21.8 Å². The molecular weight excluding hydrogens is 321 g/mol. The Bertz CT molecular complexity index is 792. The van der Waals surface area contributed by atoms with Crippen molar-refractivity contribution in [2.24, 2.45) is 0 Å². The SMILES string of the molecule is C[C@@H]1CN(c2nc(F)c(C#Cc3ccccn3)cc2CO)C[C@H](C)O1. The maximum absolute atomic E-state index is 14.4. The minimum Gasteiger partial charge on any atom is -0.392 e. The van der Waals surface area contributed by atoms with Gasteiger partial charge in [0.05, 0.1) is 24.4 Å². The zero-order valence-corrected chi connectivity index (χ0v) is 14.2. The van der Waals surface area contributed by atoms with Crippen LogP contribution in [0.5, 0.6) is 0 Å². The molecule has 1 N–H and O–H groups in total. The van der Waals surface area contributed by atoms with Crippen LogP contribution < -0.4 is 4.90 Å². The zero-order valence-electron chi connectivity index (χ0n) is 14.2. The Morgan fingerprint density at radius 1 is 1.28 bits per heavy atom. The molecule has 0 unspecified atom stereocenters. The lowest BCUT2D eigenvalue weighted by Gasteiger charge is -2.36. The monoisotopic (exact) mass is 341 g/mol. The van der Waals surface area contributed by atoms with Crippen LogP contribution in [0.3, 0.4) is 0 Å². The van der Waals surface area contributed by atoms with Gasteiger partial charge < -0.3 is 14.7 Å². The summed E-state index contributed by atoms with van der Waals surface area (Å²) in [6.07, 6.45) is 1.66. The molecule has 0 radical (unpaired) electrons. The highest BCUT2D eigenvalue weighted by Gasteiger charge is 2.25. The molecule has 0 spiro atoms. The minimum absolute atomic E-state index is 0.0174. The number of anilines is 1. The van der Waals surface area contributed by atoms with Gasteiger partial charge >= 0.3 is 0 Å². The zero-order chi connectivity index (χ0) is 17.8. The fourth-order valence-electron chi connectivity index (χ4n) is 2.92. The molecule has 2 aromatic rings. The summed E-state index contributed by atoms with van der Waals surface area (Å²) >= 11 is 0. The summed E-state index contributed by atoms with van der Waals surface area (Å²) in [5, 5.41) is 9.70. The number of ether oxygens (including phenoxy) is 1. The van der Waals surface area contributed by atoms with E-state index >= 15 is 0 Å². The Morgan fingerprint density at radius 3 is 2.68 bits per heavy atom. The molecule has 0 aromatic carbocycles. The average Bonchev–Trinajstić information content (AvgIpc) is 2.60. The van der Waals surface area contributed by atoms with Crippen molar-refractivity contribution in [3.8, 4) is 11.8 Å². The molecule has 1 saturated heterocycles. The van der Waals surface area contributed by atoms with E-state index < -0.39 is 5.95 Å². The lowest BCUT2D eigenvalue weighted by molar-refractivity contribution is -0.00561. The maximum Gasteiger partial charge on any atom is 0.230 e. The van der Waals surface area contributed by atoms with Crippen molar-refractivity contribution in [2.45, 2.75) is 32.7 Å². The molecule has 0 bridgehead atoms. The van der Waals surface area contributed by atoms with Gasteiger partial charge in [-0.3, -0.25) is 0 Å². The molecule has 1 aliphatic rings. The number of aliphatic hydroxyl groups excluding tert-OH is 1. The number of rotatable bonds is 2. The van der Waals surface area contributed by atoms with Crippen LogP contribution in [0.1, 0.15) is 30.7 Å². The molecule has 6 heteroatoms. The fourth-order valence-corrected chi connectivity index (χ4v) is 2.92. The van der Waals surface area contributed by atoms with E-state index in [9.17, 15) is 9.50 Å². The number of morpholine rings is 1. The molecule has 1 aliphatic heterocycles. The summed E-state index contributed by atoms with van der Waals surface area (Å²) in [5.41, 5.74) is 1.24. The Labute approximate surface area is 146 Å². The van der Waals surface area contributed by atoms with Crippen LogP contribution in [0.4, 0.5) is 10.2 Å². The highest BCUT2D eigenvalue weighted by Crippen LogP contribution is 2.24. The van der Waals surface area contributed by atoms with Gasteiger partial charge in [0, 0.05) is 24.8 Å². The number of hydrogen-bond acceptors (Lipinski definition) is 5. The van der Waals surface area contributed by atoms with Crippen LogP contribution in [-0.2, 0) is 11.3 Å². The molecule has 25 heavy (non-hydrogen) atoms. The highest BCUT2D eigenvalue weighted by atomic mass is 19.1. The molecule has 3 rings (SSSR count). The molecule has 130 valence electrons. The maximum atomic E-state index is 14.4. The third kappa shape index (κ3) is 4.13. The molecule has 3 heterocycles. The van der Waals surface area contributed by atoms with E-state index in [4.69, 9.17) is 4.74 Å². The molecular formula is C19H20FN3O2. The highest BCUT2D eigenvalue weighted by molar-refractivity contribution is 5.52. The van der Waals surface area contributed by atoms with Crippen molar-refractivity contribution in [3.05, 3.63) is 53.2 Å². The van der Waals surface area contributed by atoms with E-state index in [1.165, 1.54) is 0 Å². The van der Waals surface area contributed by atoms with Gasteiger partial charge in [0.1, 0.15) is 11.5 Å². The second kappa shape index (κ2) is 7.60. The number of aromatic nitrogens is 2. The van der Waals surface area contributed by atoms with E-state index in [1.54, 1.807) is 24.4 Å². The van der Waals surface area contributed by atoms with Crippen molar-refractivity contribution < 1.29 is 14.2 Å². The van der Waals surface area contributed by atoms with Gasteiger partial charge in [-0.05, 0) is 38.0 Å². The van der Waals surface area contributed by atoms with Gasteiger partial charge in [-0.2, -0.15) is 4.39 Å². The minimum atomic E-state index is -0.651. The normalized spacial score (nSPS) is 20.1. The lowest BCUT2D eigenvalue weighted by atomic mass is 10.1. The van der Waals surface area contributed by atoms with Gasteiger partial charge in [0.2, 0.25) is 5.95 Å². The fraction of sp³-hybridized carbons (Fsp3) is 0.368. The van der Waals surface area contributed by atoms with Crippen LogP contribution in [0, 0.1) is 17.8 Å². The summed E-state index contributed by atoms with van der Waals surface area (Å²) in [6, 6.07) is 6.90. The molecule has 1 fully saturated rings. The Morgan fingerprint density at radius 2 is 2.04 bits per heavy atom. The predicted octanol–water partition coefficient (Wildman–Crippen LogP) is 2.12. The summed E-state index contributed by atoms with van der Waals surface area (Å²) in [5.74, 6) is 5.36. The molecule has 0 aliphatic carbocycles. The second-order valence-corrected chi connectivity index (χ2v) is 6.09. The average molecular weight is 341 g/mol. The Balaban J connectivity index is 1.92. The van der Waals surface area contributed by atoms with E-state index in [0.717, 1.165) is 0 Å². The number of hydrogen-bond donors (Lipinski definition) is 1. The van der Waals surface area contributed by atoms with Gasteiger partial charge in [0.15, 0.2) is 0 Å². The topological polar surface area (TPSA) is 58.5 Å². The van der Waals surface area contributed by atoms with Crippen molar-refractivity contribution in [1.82, 2.24) is 9.97 Å². The first kappa shape index (κ1) is 17.3. The van der Waals surface area contributed by atoms with Crippen molar-refractivity contribution in [1.29, 1.82) is 0 Å².